The Hall–Kier alpha value is -1.95. The molecule has 124 valence electrons. The number of hydrogen-bond donors (Lipinski definition) is 1. The number of rotatable bonds is 5. The molecule has 5 nitrogen and oxygen atoms in total. The van der Waals surface area contributed by atoms with Crippen molar-refractivity contribution < 1.29 is 9.18 Å². The van der Waals surface area contributed by atoms with Crippen LogP contribution in [0, 0.1) is 11.7 Å². The van der Waals surface area contributed by atoms with Crippen molar-refractivity contribution in [2.75, 3.05) is 33.2 Å². The average Bonchev–Trinajstić information content (AvgIpc) is 3.14. The van der Waals surface area contributed by atoms with Crippen LogP contribution in [0.5, 0.6) is 0 Å². The zero-order valence-electron chi connectivity index (χ0n) is 13.7. The Kier molecular flexibility index (Phi) is 4.61. The number of carbonyl (C=O) groups is 1. The fraction of sp³-hybridized carbons (Fsp3) is 0.529. The highest BCUT2D eigenvalue weighted by Crippen LogP contribution is 2.23. The summed E-state index contributed by atoms with van der Waals surface area (Å²) >= 11 is 0. The SMILES string of the molecule is CCCN(C)CC1CCN(C(=O)c2cc3nc[nH]c3cc2F)C1. The van der Waals surface area contributed by atoms with Crippen LogP contribution >= 0.6 is 0 Å². The van der Waals surface area contributed by atoms with Crippen molar-refractivity contribution in [2.24, 2.45) is 5.92 Å². The van der Waals surface area contributed by atoms with E-state index in [2.05, 4.69) is 28.8 Å². The van der Waals surface area contributed by atoms with E-state index in [4.69, 9.17) is 0 Å². The fourth-order valence-corrected chi connectivity index (χ4v) is 3.37. The first-order chi connectivity index (χ1) is 11.1. The normalized spacial score (nSPS) is 18.3. The summed E-state index contributed by atoms with van der Waals surface area (Å²) < 4.78 is 14.2. The van der Waals surface area contributed by atoms with Crippen LogP contribution in [0.4, 0.5) is 4.39 Å². The minimum absolute atomic E-state index is 0.118. The molecule has 2 aromatic rings. The Morgan fingerprint density at radius 2 is 2.35 bits per heavy atom. The third-order valence-corrected chi connectivity index (χ3v) is 4.49. The fourth-order valence-electron chi connectivity index (χ4n) is 3.37. The van der Waals surface area contributed by atoms with Crippen LogP contribution in [0.1, 0.15) is 30.1 Å². The molecule has 1 fully saturated rings. The Morgan fingerprint density at radius 1 is 1.52 bits per heavy atom. The molecule has 6 heteroatoms. The number of aromatic nitrogens is 2. The number of benzene rings is 1. The van der Waals surface area contributed by atoms with E-state index in [9.17, 15) is 9.18 Å². The summed E-state index contributed by atoms with van der Waals surface area (Å²) in [6.07, 6.45) is 3.61. The van der Waals surface area contributed by atoms with Crippen LogP contribution in [-0.2, 0) is 0 Å². The lowest BCUT2D eigenvalue weighted by Crippen LogP contribution is -2.32. The van der Waals surface area contributed by atoms with Crippen molar-refractivity contribution in [1.29, 1.82) is 0 Å². The van der Waals surface area contributed by atoms with Crippen LogP contribution in [-0.4, -0.2) is 58.9 Å². The zero-order chi connectivity index (χ0) is 16.4. The molecular formula is C17H23FN4O. The molecule has 1 unspecified atom stereocenters. The lowest BCUT2D eigenvalue weighted by Gasteiger charge is -2.21. The number of fused-ring (bicyclic) bond motifs is 1. The lowest BCUT2D eigenvalue weighted by atomic mass is 10.1. The maximum absolute atomic E-state index is 14.2. The van der Waals surface area contributed by atoms with Gasteiger partial charge in [0.1, 0.15) is 5.82 Å². The van der Waals surface area contributed by atoms with Gasteiger partial charge in [-0.05, 0) is 38.4 Å². The van der Waals surface area contributed by atoms with Gasteiger partial charge < -0.3 is 14.8 Å². The average molecular weight is 318 g/mol. The van der Waals surface area contributed by atoms with Crippen LogP contribution in [0.2, 0.25) is 0 Å². The largest absolute Gasteiger partial charge is 0.345 e. The summed E-state index contributed by atoms with van der Waals surface area (Å²) in [6, 6.07) is 2.89. The van der Waals surface area contributed by atoms with Crippen molar-refractivity contribution in [1.82, 2.24) is 19.8 Å². The van der Waals surface area contributed by atoms with Crippen LogP contribution in [0.25, 0.3) is 11.0 Å². The molecule has 2 heterocycles. The first kappa shape index (κ1) is 15.9. The molecule has 1 atom stereocenters. The standard InChI is InChI=1S/C17H23FN4O/c1-3-5-21(2)9-12-4-6-22(10-12)17(23)13-7-15-16(8-14(13)18)20-11-19-15/h7-8,11-12H,3-6,9-10H2,1-2H3,(H,19,20). The van der Waals surface area contributed by atoms with E-state index < -0.39 is 5.82 Å². The summed E-state index contributed by atoms with van der Waals surface area (Å²) in [4.78, 5) is 23.7. The summed E-state index contributed by atoms with van der Waals surface area (Å²) in [5.74, 6) is -0.251. The number of aromatic amines is 1. The van der Waals surface area contributed by atoms with Gasteiger partial charge in [0.15, 0.2) is 0 Å². The summed E-state index contributed by atoms with van der Waals surface area (Å²) in [5.41, 5.74) is 1.35. The Balaban J connectivity index is 1.69. The van der Waals surface area contributed by atoms with E-state index in [1.165, 1.54) is 12.4 Å². The molecule has 23 heavy (non-hydrogen) atoms. The maximum atomic E-state index is 14.2. The monoisotopic (exact) mass is 318 g/mol. The van der Waals surface area contributed by atoms with Crippen LogP contribution < -0.4 is 0 Å². The quantitative estimate of drug-likeness (QED) is 0.921. The topological polar surface area (TPSA) is 52.2 Å². The van der Waals surface area contributed by atoms with Gasteiger partial charge in [0, 0.05) is 25.7 Å². The summed E-state index contributed by atoms with van der Waals surface area (Å²) in [5, 5.41) is 0. The number of carbonyl (C=O) groups excluding carboxylic acids is 1. The Morgan fingerprint density at radius 3 is 3.13 bits per heavy atom. The predicted octanol–water partition coefficient (Wildman–Crippen LogP) is 2.51. The molecule has 0 saturated carbocycles. The molecule has 1 saturated heterocycles. The van der Waals surface area contributed by atoms with Gasteiger partial charge in [-0.25, -0.2) is 9.37 Å². The zero-order valence-corrected chi connectivity index (χ0v) is 13.7. The number of nitrogens with zero attached hydrogens (tertiary/aromatic N) is 3. The van der Waals surface area contributed by atoms with E-state index in [-0.39, 0.29) is 11.5 Å². The first-order valence-electron chi connectivity index (χ1n) is 8.19. The second-order valence-electron chi connectivity index (χ2n) is 6.42. The highest BCUT2D eigenvalue weighted by Gasteiger charge is 2.29. The molecule has 1 aliphatic rings. The molecule has 0 bridgehead atoms. The number of nitrogens with one attached hydrogen (secondary N) is 1. The number of H-pyrrole nitrogens is 1. The highest BCUT2D eigenvalue weighted by atomic mass is 19.1. The van der Waals surface area contributed by atoms with Gasteiger partial charge in [-0.2, -0.15) is 0 Å². The number of amides is 1. The van der Waals surface area contributed by atoms with E-state index in [1.54, 1.807) is 11.0 Å². The van der Waals surface area contributed by atoms with Gasteiger partial charge in [0.25, 0.3) is 5.91 Å². The van der Waals surface area contributed by atoms with Gasteiger partial charge in [-0.3, -0.25) is 4.79 Å². The number of likely N-dealkylation sites (tertiary alicyclic amines) is 1. The van der Waals surface area contributed by atoms with E-state index in [1.807, 2.05) is 0 Å². The van der Waals surface area contributed by atoms with Gasteiger partial charge in [0.05, 0.1) is 22.9 Å². The highest BCUT2D eigenvalue weighted by molar-refractivity contribution is 5.97. The molecule has 1 aliphatic heterocycles. The smallest absolute Gasteiger partial charge is 0.256 e. The van der Waals surface area contributed by atoms with Crippen LogP contribution in [0.15, 0.2) is 18.5 Å². The molecular weight excluding hydrogens is 295 g/mol. The van der Waals surface area contributed by atoms with Crippen LogP contribution in [0.3, 0.4) is 0 Å². The molecule has 1 aromatic heterocycles. The third-order valence-electron chi connectivity index (χ3n) is 4.49. The van der Waals surface area contributed by atoms with Crippen molar-refractivity contribution in [2.45, 2.75) is 19.8 Å². The lowest BCUT2D eigenvalue weighted by molar-refractivity contribution is 0.0780. The van der Waals surface area contributed by atoms with E-state index in [0.717, 1.165) is 25.9 Å². The molecule has 3 rings (SSSR count). The van der Waals surface area contributed by atoms with Crippen molar-refractivity contribution in [3.63, 3.8) is 0 Å². The number of halogens is 1. The summed E-state index contributed by atoms with van der Waals surface area (Å²) in [7, 11) is 2.11. The van der Waals surface area contributed by atoms with Gasteiger partial charge in [0.2, 0.25) is 0 Å². The number of imidazole rings is 1. The third kappa shape index (κ3) is 3.37. The molecule has 1 N–H and O–H groups in total. The van der Waals surface area contributed by atoms with Gasteiger partial charge in [-0.1, -0.05) is 6.92 Å². The first-order valence-corrected chi connectivity index (χ1v) is 8.19. The second kappa shape index (κ2) is 6.66. The summed E-state index contributed by atoms with van der Waals surface area (Å²) in [6.45, 7) is 5.61. The number of hydrogen-bond acceptors (Lipinski definition) is 3. The minimum Gasteiger partial charge on any atom is -0.345 e. The Labute approximate surface area is 135 Å². The minimum atomic E-state index is -0.488. The maximum Gasteiger partial charge on any atom is 0.256 e. The molecule has 0 aliphatic carbocycles. The molecule has 0 spiro atoms. The second-order valence-corrected chi connectivity index (χ2v) is 6.42. The predicted molar refractivity (Wildman–Crippen MR) is 87.9 cm³/mol. The Bertz CT molecular complexity index is 699. The molecule has 0 radical (unpaired) electrons. The van der Waals surface area contributed by atoms with E-state index in [0.29, 0.717) is 30.0 Å². The van der Waals surface area contributed by atoms with Gasteiger partial charge >= 0.3 is 0 Å². The van der Waals surface area contributed by atoms with Crippen molar-refractivity contribution >= 4 is 16.9 Å². The molecule has 1 amide bonds. The van der Waals surface area contributed by atoms with Crippen molar-refractivity contribution in [3.05, 3.63) is 29.8 Å². The van der Waals surface area contributed by atoms with E-state index >= 15 is 0 Å². The molecule has 1 aromatic carbocycles. The van der Waals surface area contributed by atoms with Gasteiger partial charge in [-0.15, -0.1) is 0 Å². The van der Waals surface area contributed by atoms with Crippen molar-refractivity contribution in [3.8, 4) is 0 Å².